The van der Waals surface area contributed by atoms with E-state index in [0.29, 0.717) is 61.2 Å². The van der Waals surface area contributed by atoms with Gasteiger partial charge in [-0.15, -0.1) is 0 Å². The summed E-state index contributed by atoms with van der Waals surface area (Å²) in [7, 11) is 0. The van der Waals surface area contributed by atoms with E-state index in [9.17, 15) is 29.9 Å². The van der Waals surface area contributed by atoms with Crippen molar-refractivity contribution < 1.29 is 24.3 Å². The molecule has 0 bridgehead atoms. The van der Waals surface area contributed by atoms with E-state index in [-0.39, 0.29) is 28.7 Å². The number of hydrogen-bond acceptors (Lipinski definition) is 9. The summed E-state index contributed by atoms with van der Waals surface area (Å²) in [4.78, 5) is 43.1. The summed E-state index contributed by atoms with van der Waals surface area (Å²) in [5.74, 6) is -1.58. The van der Waals surface area contributed by atoms with Crippen molar-refractivity contribution in [2.75, 3.05) is 37.6 Å². The van der Waals surface area contributed by atoms with Crippen LogP contribution in [0.1, 0.15) is 34.9 Å². The molecule has 2 atom stereocenters. The number of piperazine rings is 1. The van der Waals surface area contributed by atoms with E-state index in [2.05, 4.69) is 9.88 Å². The van der Waals surface area contributed by atoms with Gasteiger partial charge in [0, 0.05) is 45.0 Å². The summed E-state index contributed by atoms with van der Waals surface area (Å²) in [5.41, 5.74) is -0.113. The van der Waals surface area contributed by atoms with Gasteiger partial charge < -0.3 is 29.8 Å². The molecule has 0 radical (unpaired) electrons. The lowest BCUT2D eigenvalue weighted by atomic mass is 10.1. The van der Waals surface area contributed by atoms with E-state index in [1.807, 2.05) is 11.8 Å². The molecular weight excluding hydrogens is 519 g/mol. The van der Waals surface area contributed by atoms with Crippen LogP contribution < -0.4 is 10.3 Å². The van der Waals surface area contributed by atoms with Gasteiger partial charge in [0.25, 0.3) is 0 Å². The molecule has 1 saturated heterocycles. The second-order valence-electron chi connectivity index (χ2n) is 9.52. The summed E-state index contributed by atoms with van der Waals surface area (Å²) in [6, 6.07) is 2.78. The molecule has 0 amide bonds. The van der Waals surface area contributed by atoms with Crippen LogP contribution in [0, 0.1) is 22.9 Å². The summed E-state index contributed by atoms with van der Waals surface area (Å²) in [6.07, 6.45) is 0.806. The number of benzene rings is 1. The first-order chi connectivity index (χ1) is 18.1. The highest BCUT2D eigenvalue weighted by atomic mass is 32.2. The largest absolute Gasteiger partial charge is 0.477 e. The molecular formula is C24H27FN6O6S. The van der Waals surface area contributed by atoms with Crippen LogP contribution >= 0.6 is 11.8 Å². The number of aliphatic hydroxyl groups is 1. The number of aromatic carboxylic acids is 1. The van der Waals surface area contributed by atoms with Crippen molar-refractivity contribution >= 4 is 40.1 Å². The van der Waals surface area contributed by atoms with E-state index in [1.165, 1.54) is 22.5 Å². The molecule has 2 aromatic heterocycles. The average Bonchev–Trinajstić information content (AvgIpc) is 3.22. The first kappa shape index (κ1) is 26.1. The van der Waals surface area contributed by atoms with Crippen molar-refractivity contribution in [3.8, 4) is 0 Å². The number of aliphatic hydroxyl groups excluding tert-OH is 1. The molecule has 14 heteroatoms. The lowest BCUT2D eigenvalue weighted by Crippen LogP contribution is -2.47. The number of rotatable bonds is 8. The number of nitrogens with zero attached hydrogens (tertiary/aromatic N) is 6. The predicted octanol–water partition coefficient (Wildman–Crippen LogP) is 2.45. The number of nitro groups is 1. The Labute approximate surface area is 220 Å². The van der Waals surface area contributed by atoms with Crippen molar-refractivity contribution in [1.29, 1.82) is 0 Å². The molecule has 202 valence electrons. The fraction of sp³-hybridized carbons (Fsp3) is 0.458. The molecule has 5 rings (SSSR count). The zero-order valence-electron chi connectivity index (χ0n) is 20.8. The Hall–Kier alpha value is -3.49. The van der Waals surface area contributed by atoms with Crippen molar-refractivity contribution in [3.63, 3.8) is 0 Å². The summed E-state index contributed by atoms with van der Waals surface area (Å²) < 4.78 is 18.3. The minimum Gasteiger partial charge on any atom is -0.477 e. The highest BCUT2D eigenvalue weighted by molar-refractivity contribution is 8.00. The number of halogens is 1. The number of hydrogen-bond donors (Lipinski definition) is 2. The number of aromatic nitrogens is 3. The molecule has 0 spiro atoms. The highest BCUT2D eigenvalue weighted by Crippen LogP contribution is 2.46. The first-order valence-corrected chi connectivity index (χ1v) is 13.1. The van der Waals surface area contributed by atoms with Gasteiger partial charge in [-0.05, 0) is 30.4 Å². The summed E-state index contributed by atoms with van der Waals surface area (Å²) >= 11 is 1.30. The number of pyridine rings is 1. The maximum Gasteiger partial charge on any atom is 0.342 e. The number of carboxylic acid groups (broad SMARTS) is 1. The first-order valence-electron chi connectivity index (χ1n) is 12.2. The van der Waals surface area contributed by atoms with E-state index < -0.39 is 28.2 Å². The number of carbonyl (C=O) groups is 1. The minimum atomic E-state index is -1.32. The smallest absolute Gasteiger partial charge is 0.342 e. The van der Waals surface area contributed by atoms with Crippen molar-refractivity contribution in [2.24, 2.45) is 0 Å². The molecule has 4 heterocycles. The van der Waals surface area contributed by atoms with Gasteiger partial charge in [0.15, 0.2) is 5.82 Å². The van der Waals surface area contributed by atoms with Crippen LogP contribution in [0.2, 0.25) is 0 Å². The molecule has 1 fully saturated rings. The van der Waals surface area contributed by atoms with Gasteiger partial charge in [0.05, 0.1) is 27.7 Å². The van der Waals surface area contributed by atoms with E-state index in [4.69, 9.17) is 0 Å². The minimum absolute atomic E-state index is 0.0561. The number of anilines is 1. The van der Waals surface area contributed by atoms with Crippen LogP contribution in [0.15, 0.2) is 28.2 Å². The number of fused-ring (bicyclic) bond motifs is 3. The van der Waals surface area contributed by atoms with Crippen molar-refractivity contribution in [3.05, 3.63) is 55.9 Å². The zero-order valence-corrected chi connectivity index (χ0v) is 21.6. The van der Waals surface area contributed by atoms with Gasteiger partial charge in [0.1, 0.15) is 24.1 Å². The summed E-state index contributed by atoms with van der Waals surface area (Å²) in [5, 5.41) is 31.5. The van der Waals surface area contributed by atoms with Crippen molar-refractivity contribution in [2.45, 2.75) is 43.3 Å². The Bertz CT molecular complexity index is 1500. The van der Waals surface area contributed by atoms with Gasteiger partial charge in [-0.25, -0.2) is 18.7 Å². The Kier molecular flexibility index (Phi) is 6.88. The van der Waals surface area contributed by atoms with Crippen LogP contribution in [0.3, 0.4) is 0 Å². The lowest BCUT2D eigenvalue weighted by Gasteiger charge is -2.37. The van der Waals surface area contributed by atoms with Gasteiger partial charge in [-0.2, -0.15) is 0 Å². The topological polar surface area (TPSA) is 147 Å². The normalized spacial score (nSPS) is 18.3. The molecule has 12 nitrogen and oxygen atoms in total. The van der Waals surface area contributed by atoms with Gasteiger partial charge in [0.2, 0.25) is 5.43 Å². The molecule has 1 aromatic carbocycles. The third-order valence-corrected chi connectivity index (χ3v) is 8.37. The highest BCUT2D eigenvalue weighted by Gasteiger charge is 2.33. The molecule has 0 aliphatic carbocycles. The van der Waals surface area contributed by atoms with Crippen LogP contribution in [-0.2, 0) is 6.54 Å². The SMILES string of the molecule is Cc1ncc([N+](=O)[O-])n1CC(O)CCN1CCN(c2cc3c(cc2F)c(=O)c(C(=O)O)c2n3C(C)S2)CC1. The third kappa shape index (κ3) is 4.52. The maximum absolute atomic E-state index is 15.2. The number of thioether (sulfide) groups is 1. The average molecular weight is 547 g/mol. The molecule has 3 aromatic rings. The number of imidazole rings is 1. The van der Waals surface area contributed by atoms with Gasteiger partial charge in [-0.1, -0.05) is 11.8 Å². The Morgan fingerprint density at radius 3 is 2.66 bits per heavy atom. The monoisotopic (exact) mass is 546 g/mol. The standard InChI is InChI=1S/C24H27FN6O6S/c1-13-26-11-20(31(36)37)29(13)12-15(32)3-4-27-5-7-28(8-6-27)19-10-18-16(9-17(19)25)22(33)21(24(34)35)23-30(18)14(2)38-23/h9-11,14-15,32H,3-8,12H2,1-2H3,(H,34,35). The van der Waals surface area contributed by atoms with Crippen LogP contribution in [0.25, 0.3) is 10.9 Å². The molecule has 2 aliphatic heterocycles. The third-order valence-electron chi connectivity index (χ3n) is 7.19. The molecule has 2 N–H and O–H groups in total. The van der Waals surface area contributed by atoms with Crippen molar-refractivity contribution in [1.82, 2.24) is 19.0 Å². The maximum atomic E-state index is 15.2. The molecule has 0 saturated carbocycles. The predicted molar refractivity (Wildman–Crippen MR) is 139 cm³/mol. The Morgan fingerprint density at radius 2 is 2.03 bits per heavy atom. The summed E-state index contributed by atoms with van der Waals surface area (Å²) in [6.45, 7) is 6.50. The fourth-order valence-corrected chi connectivity index (χ4v) is 6.29. The van der Waals surface area contributed by atoms with Gasteiger partial charge >= 0.3 is 11.8 Å². The Balaban J connectivity index is 1.26. The van der Waals surface area contributed by atoms with Gasteiger partial charge in [-0.3, -0.25) is 9.69 Å². The second-order valence-corrected chi connectivity index (χ2v) is 10.8. The van der Waals surface area contributed by atoms with Crippen LogP contribution in [0.4, 0.5) is 15.9 Å². The number of aryl methyl sites for hydroxylation is 1. The number of carboxylic acids is 1. The van der Waals surface area contributed by atoms with E-state index in [0.717, 1.165) is 6.07 Å². The Morgan fingerprint density at radius 1 is 1.32 bits per heavy atom. The molecule has 2 aliphatic rings. The van der Waals surface area contributed by atoms with E-state index in [1.54, 1.807) is 17.6 Å². The molecule has 38 heavy (non-hydrogen) atoms. The zero-order chi connectivity index (χ0) is 27.3. The quantitative estimate of drug-likeness (QED) is 0.319. The van der Waals surface area contributed by atoms with Crippen LogP contribution in [-0.4, -0.2) is 79.0 Å². The van der Waals surface area contributed by atoms with Crippen LogP contribution in [0.5, 0.6) is 0 Å². The van der Waals surface area contributed by atoms with E-state index >= 15 is 4.39 Å². The lowest BCUT2D eigenvalue weighted by molar-refractivity contribution is -0.392. The fourth-order valence-electron chi connectivity index (χ4n) is 5.14. The second kappa shape index (κ2) is 10.0. The molecule has 2 unspecified atom stereocenters.